The zero-order chi connectivity index (χ0) is 13.0. The number of rotatable bonds is 3. The molecule has 1 heterocycles. The van der Waals surface area contributed by atoms with E-state index in [1.165, 1.54) is 6.07 Å². The van der Waals surface area contributed by atoms with Gasteiger partial charge in [0.2, 0.25) is 0 Å². The van der Waals surface area contributed by atoms with Crippen LogP contribution in [0.25, 0.3) is 0 Å². The Bertz CT molecular complexity index is 464. The molecule has 0 aliphatic rings. The maximum atomic E-state index is 11.2. The van der Waals surface area contributed by atoms with Crippen LogP contribution < -0.4 is 10.9 Å². The van der Waals surface area contributed by atoms with E-state index in [0.29, 0.717) is 5.69 Å². The molecule has 1 rings (SSSR count). The molecule has 0 fully saturated rings. The summed E-state index contributed by atoms with van der Waals surface area (Å²) in [6, 6.07) is 1.35. The average Bonchev–Trinajstić information content (AvgIpc) is 2.15. The van der Waals surface area contributed by atoms with Crippen LogP contribution in [0.3, 0.4) is 0 Å². The number of pyridine rings is 1. The van der Waals surface area contributed by atoms with Gasteiger partial charge in [-0.25, -0.2) is 4.79 Å². The number of hydrogen-bond acceptors (Lipinski definition) is 5. The van der Waals surface area contributed by atoms with Gasteiger partial charge in [-0.2, -0.15) is 0 Å². The third-order valence-corrected chi connectivity index (χ3v) is 1.84. The summed E-state index contributed by atoms with van der Waals surface area (Å²) in [5.74, 6) is 0. The van der Waals surface area contributed by atoms with E-state index in [4.69, 9.17) is 7.85 Å². The van der Waals surface area contributed by atoms with Crippen LogP contribution in [-0.4, -0.2) is 30.5 Å². The zero-order valence-electron chi connectivity index (χ0n) is 9.39. The molecule has 0 aromatic carbocycles. The number of hydrogen-bond donors (Lipinski definition) is 1. The maximum Gasteiger partial charge on any atom is 0.411 e. The number of anilines is 1. The maximum absolute atomic E-state index is 11.2. The summed E-state index contributed by atoms with van der Waals surface area (Å²) in [5, 5.41) is 13.0. The fraction of sp³-hybridized carbons (Fsp3) is 0.333. The molecule has 1 N–H and O–H groups in total. The van der Waals surface area contributed by atoms with Crippen molar-refractivity contribution in [3.05, 3.63) is 21.9 Å². The molecule has 0 atom stereocenters. The number of carbonyl (C=O) groups excluding carboxylic acids is 1. The van der Waals surface area contributed by atoms with Gasteiger partial charge < -0.3 is 4.74 Å². The molecular weight excluding hydrogens is 225 g/mol. The number of aryl methyl sites for hydroxylation is 1. The van der Waals surface area contributed by atoms with Crippen LogP contribution >= 0.6 is 0 Å². The minimum atomic E-state index is -0.777. The minimum Gasteiger partial charge on any atom is -0.450 e. The topological polar surface area (TPSA) is 94.4 Å². The second-order valence-corrected chi connectivity index (χ2v) is 3.15. The van der Waals surface area contributed by atoms with E-state index in [2.05, 4.69) is 15.0 Å². The molecule has 1 amide bonds. The Balaban J connectivity index is 3.12. The molecule has 88 valence electrons. The third kappa shape index (κ3) is 3.17. The van der Waals surface area contributed by atoms with Crippen LogP contribution in [0.15, 0.2) is 6.07 Å². The molecule has 0 spiro atoms. The van der Waals surface area contributed by atoms with E-state index in [0.717, 1.165) is 0 Å². The molecule has 1 aromatic heterocycles. The van der Waals surface area contributed by atoms with Gasteiger partial charge in [-0.15, -0.1) is 0 Å². The van der Waals surface area contributed by atoms with Crippen molar-refractivity contribution in [3.8, 4) is 0 Å². The third-order valence-electron chi connectivity index (χ3n) is 1.84. The molecule has 0 saturated heterocycles. The minimum absolute atomic E-state index is 0.0292. The van der Waals surface area contributed by atoms with E-state index in [9.17, 15) is 14.9 Å². The monoisotopic (exact) mass is 235 g/mol. The van der Waals surface area contributed by atoms with E-state index in [1.807, 2.05) is 0 Å². The fourth-order valence-corrected chi connectivity index (χ4v) is 1.25. The largest absolute Gasteiger partial charge is 0.450 e. The van der Waals surface area contributed by atoms with Crippen molar-refractivity contribution >= 4 is 30.9 Å². The Labute approximate surface area is 98.7 Å². The van der Waals surface area contributed by atoms with Gasteiger partial charge in [0.15, 0.2) is 7.85 Å². The first-order valence-corrected chi connectivity index (χ1v) is 4.81. The van der Waals surface area contributed by atoms with Gasteiger partial charge >= 0.3 is 11.8 Å². The van der Waals surface area contributed by atoms with E-state index < -0.39 is 16.7 Å². The number of carbonyl (C=O) groups is 1. The van der Waals surface area contributed by atoms with E-state index in [-0.39, 0.29) is 17.9 Å². The van der Waals surface area contributed by atoms with Crippen molar-refractivity contribution in [2.75, 3.05) is 11.9 Å². The lowest BCUT2D eigenvalue weighted by Crippen LogP contribution is -2.21. The molecule has 0 saturated carbocycles. The van der Waals surface area contributed by atoms with Gasteiger partial charge in [-0.1, -0.05) is 0 Å². The highest BCUT2D eigenvalue weighted by Crippen LogP contribution is 2.21. The summed E-state index contributed by atoms with van der Waals surface area (Å²) >= 11 is 0. The Morgan fingerprint density at radius 1 is 1.71 bits per heavy atom. The van der Waals surface area contributed by atoms with Crippen LogP contribution in [0, 0.1) is 17.0 Å². The highest BCUT2D eigenvalue weighted by atomic mass is 16.6. The Morgan fingerprint density at radius 2 is 2.35 bits per heavy atom. The van der Waals surface area contributed by atoms with Crippen LogP contribution in [0.4, 0.5) is 16.2 Å². The summed E-state index contributed by atoms with van der Waals surface area (Å²) in [4.78, 5) is 25.0. The van der Waals surface area contributed by atoms with Gasteiger partial charge in [0.25, 0.3) is 0 Å². The highest BCUT2D eigenvalue weighted by molar-refractivity contribution is 6.34. The SMILES string of the molecule is [B]c1nc(C)cc(NC(=O)OCC)c1[N+](=O)[O-]. The molecule has 17 heavy (non-hydrogen) atoms. The molecular formula is C9H10BN3O4. The summed E-state index contributed by atoms with van der Waals surface area (Å²) < 4.78 is 4.63. The lowest BCUT2D eigenvalue weighted by atomic mass is 10.00. The van der Waals surface area contributed by atoms with Crippen LogP contribution in [0.5, 0.6) is 0 Å². The van der Waals surface area contributed by atoms with Crippen molar-refractivity contribution in [1.29, 1.82) is 0 Å². The number of amides is 1. The molecule has 0 aliphatic carbocycles. The van der Waals surface area contributed by atoms with Gasteiger partial charge in [-0.3, -0.25) is 20.4 Å². The van der Waals surface area contributed by atoms with Crippen LogP contribution in [0.1, 0.15) is 12.6 Å². The molecule has 1 aromatic rings. The number of nitrogens with one attached hydrogen (secondary N) is 1. The van der Waals surface area contributed by atoms with E-state index in [1.54, 1.807) is 13.8 Å². The van der Waals surface area contributed by atoms with Crippen LogP contribution in [0.2, 0.25) is 0 Å². The van der Waals surface area contributed by atoms with Crippen molar-refractivity contribution in [2.45, 2.75) is 13.8 Å². The lowest BCUT2D eigenvalue weighted by Gasteiger charge is -2.08. The molecule has 8 heteroatoms. The highest BCUT2D eigenvalue weighted by Gasteiger charge is 2.20. The number of nitrogens with zero attached hydrogens (tertiary/aromatic N) is 2. The number of aromatic nitrogens is 1. The van der Waals surface area contributed by atoms with Crippen molar-refractivity contribution in [3.63, 3.8) is 0 Å². The van der Waals surface area contributed by atoms with Crippen molar-refractivity contribution in [1.82, 2.24) is 4.98 Å². The summed E-state index contributed by atoms with van der Waals surface area (Å²) in [5.41, 5.74) is -0.260. The van der Waals surface area contributed by atoms with Gasteiger partial charge in [0.1, 0.15) is 5.69 Å². The first-order chi connectivity index (χ1) is 7.95. The summed E-state index contributed by atoms with van der Waals surface area (Å²) in [6.07, 6.45) is -0.777. The Morgan fingerprint density at radius 3 is 2.88 bits per heavy atom. The van der Waals surface area contributed by atoms with Gasteiger partial charge in [0, 0.05) is 5.69 Å². The second-order valence-electron chi connectivity index (χ2n) is 3.15. The van der Waals surface area contributed by atoms with Gasteiger partial charge in [0.05, 0.1) is 17.1 Å². The average molecular weight is 235 g/mol. The molecule has 0 aliphatic heterocycles. The Kier molecular flexibility index (Phi) is 4.03. The van der Waals surface area contributed by atoms with Gasteiger partial charge in [-0.05, 0) is 19.9 Å². The first-order valence-electron chi connectivity index (χ1n) is 4.81. The van der Waals surface area contributed by atoms with E-state index >= 15 is 0 Å². The van der Waals surface area contributed by atoms with Crippen molar-refractivity contribution < 1.29 is 14.5 Å². The molecule has 0 unspecified atom stereocenters. The molecule has 7 nitrogen and oxygen atoms in total. The second kappa shape index (κ2) is 5.28. The van der Waals surface area contributed by atoms with Crippen molar-refractivity contribution in [2.24, 2.45) is 0 Å². The summed E-state index contributed by atoms with van der Waals surface area (Å²) in [6.45, 7) is 3.40. The smallest absolute Gasteiger partial charge is 0.411 e. The fourth-order valence-electron chi connectivity index (χ4n) is 1.25. The normalized spacial score (nSPS) is 9.76. The molecule has 0 bridgehead atoms. The Hall–Kier alpha value is -2.12. The quantitative estimate of drug-likeness (QED) is 0.471. The predicted octanol–water partition coefficient (Wildman–Crippen LogP) is 0.660. The first kappa shape index (κ1) is 13.0. The standard InChI is InChI=1S/C9H10BN3O4/c1-3-17-9(14)12-6-4-5(2)11-8(10)7(6)13(15)16/h4H,3H2,1-2H3,(H,11,12,14). The lowest BCUT2D eigenvalue weighted by molar-refractivity contribution is -0.382. The summed E-state index contributed by atoms with van der Waals surface area (Å²) in [7, 11) is 5.43. The zero-order valence-corrected chi connectivity index (χ0v) is 9.39. The predicted molar refractivity (Wildman–Crippen MR) is 61.7 cm³/mol. The number of ether oxygens (including phenoxy) is 1. The molecule has 2 radical (unpaired) electrons. The number of nitro groups is 1. The van der Waals surface area contributed by atoms with Crippen LogP contribution in [-0.2, 0) is 4.74 Å².